The van der Waals surface area contributed by atoms with Crippen LogP contribution in [0.1, 0.15) is 26.3 Å². The average molecular weight is 423 g/mol. The summed E-state index contributed by atoms with van der Waals surface area (Å²) in [6.07, 6.45) is 0. The number of ether oxygens (including phenoxy) is 1. The lowest BCUT2D eigenvalue weighted by molar-refractivity contribution is -0.394. The molecule has 0 atom stereocenters. The van der Waals surface area contributed by atoms with E-state index in [1.807, 2.05) is 0 Å². The molecule has 26 heavy (non-hydrogen) atoms. The summed E-state index contributed by atoms with van der Waals surface area (Å²) in [5.74, 6) is -1.54. The highest BCUT2D eigenvalue weighted by Crippen LogP contribution is 2.28. The third-order valence-corrected chi connectivity index (χ3v) is 4.02. The second-order valence-electron chi connectivity index (χ2n) is 5.16. The lowest BCUT2D eigenvalue weighted by atomic mass is 10.1. The van der Waals surface area contributed by atoms with Gasteiger partial charge < -0.3 is 4.74 Å². The Labute approximate surface area is 155 Å². The molecule has 2 aromatic rings. The summed E-state index contributed by atoms with van der Waals surface area (Å²) >= 11 is 3.23. The number of hydrogen-bond acceptors (Lipinski definition) is 7. The molecule has 0 unspecified atom stereocenters. The van der Waals surface area contributed by atoms with Gasteiger partial charge in [0.25, 0.3) is 11.4 Å². The van der Waals surface area contributed by atoms with Crippen molar-refractivity contribution in [3.63, 3.8) is 0 Å². The average Bonchev–Trinajstić information content (AvgIpc) is 2.59. The van der Waals surface area contributed by atoms with Crippen molar-refractivity contribution in [3.05, 3.63) is 77.8 Å². The minimum atomic E-state index is -1.06. The highest BCUT2D eigenvalue weighted by atomic mass is 79.9. The molecule has 0 aliphatic rings. The van der Waals surface area contributed by atoms with Crippen LogP contribution in [0, 0.1) is 27.2 Å². The Hall–Kier alpha value is -3.14. The van der Waals surface area contributed by atoms with Crippen molar-refractivity contribution in [2.75, 3.05) is 6.61 Å². The van der Waals surface area contributed by atoms with Gasteiger partial charge in [-0.25, -0.2) is 4.79 Å². The van der Waals surface area contributed by atoms with Crippen LogP contribution in [0.3, 0.4) is 0 Å². The number of nitro benzene ring substituents is 2. The molecule has 9 nitrogen and oxygen atoms in total. The van der Waals surface area contributed by atoms with Gasteiger partial charge in [0.1, 0.15) is 0 Å². The van der Waals surface area contributed by atoms with Gasteiger partial charge in [0, 0.05) is 21.7 Å². The molecule has 2 aromatic carbocycles. The lowest BCUT2D eigenvalue weighted by Gasteiger charge is -2.07. The number of carbonyl (C=O) groups is 2. The second kappa shape index (κ2) is 7.83. The van der Waals surface area contributed by atoms with Crippen LogP contribution in [0.4, 0.5) is 11.4 Å². The van der Waals surface area contributed by atoms with Crippen molar-refractivity contribution in [1.82, 2.24) is 0 Å². The fourth-order valence-corrected chi connectivity index (χ4v) is 2.38. The molecule has 0 aliphatic carbocycles. The Morgan fingerprint density at radius 2 is 1.69 bits per heavy atom. The Kier molecular flexibility index (Phi) is 5.78. The fourth-order valence-electron chi connectivity index (χ4n) is 2.12. The lowest BCUT2D eigenvalue weighted by Crippen LogP contribution is -2.15. The fraction of sp³-hybridized carbons (Fsp3) is 0.125. The molecule has 2 rings (SSSR count). The van der Waals surface area contributed by atoms with Gasteiger partial charge in [-0.15, -0.1) is 0 Å². The number of ketones is 1. The van der Waals surface area contributed by atoms with E-state index in [1.165, 1.54) is 19.1 Å². The van der Waals surface area contributed by atoms with Gasteiger partial charge in [0.2, 0.25) is 0 Å². The summed E-state index contributed by atoms with van der Waals surface area (Å²) in [4.78, 5) is 44.5. The first-order chi connectivity index (χ1) is 12.2. The molecule has 0 amide bonds. The van der Waals surface area contributed by atoms with E-state index >= 15 is 0 Å². The molecule has 134 valence electrons. The smallest absolute Gasteiger partial charge is 0.339 e. The van der Waals surface area contributed by atoms with E-state index < -0.39 is 39.6 Å². The molecule has 10 heteroatoms. The Balaban J connectivity index is 2.23. The molecular weight excluding hydrogens is 412 g/mol. The number of Topliss-reactive ketones (excluding diaryl/α,β-unsaturated/α-hetero) is 1. The summed E-state index contributed by atoms with van der Waals surface area (Å²) in [7, 11) is 0. The largest absolute Gasteiger partial charge is 0.454 e. The monoisotopic (exact) mass is 422 g/mol. The number of nitro groups is 2. The van der Waals surface area contributed by atoms with Crippen molar-refractivity contribution < 1.29 is 24.2 Å². The van der Waals surface area contributed by atoms with Crippen molar-refractivity contribution in [1.29, 1.82) is 0 Å². The molecule has 0 saturated heterocycles. The van der Waals surface area contributed by atoms with E-state index in [-0.39, 0.29) is 11.1 Å². The van der Waals surface area contributed by atoms with Crippen molar-refractivity contribution in [2.24, 2.45) is 0 Å². The molecular formula is C16H11BrN2O7. The van der Waals surface area contributed by atoms with Crippen LogP contribution >= 0.6 is 15.9 Å². The number of carbonyl (C=O) groups excluding carboxylic acids is 2. The number of hydrogen-bond donors (Lipinski definition) is 0. The van der Waals surface area contributed by atoms with E-state index in [4.69, 9.17) is 4.74 Å². The standard InChI is InChI=1S/C16H11BrN2O7/c1-9-13(6-12(18(22)23)7-14(9)19(24)25)16(21)26-8-15(20)10-2-4-11(17)5-3-10/h2-7H,8H2,1H3. The Morgan fingerprint density at radius 3 is 2.23 bits per heavy atom. The number of benzene rings is 2. The maximum absolute atomic E-state index is 12.2. The summed E-state index contributed by atoms with van der Waals surface area (Å²) in [5.41, 5.74) is -1.31. The number of non-ortho nitro benzene ring substituents is 1. The maximum atomic E-state index is 12.2. The van der Waals surface area contributed by atoms with Crippen molar-refractivity contribution in [3.8, 4) is 0 Å². The molecule has 0 radical (unpaired) electrons. The highest BCUT2D eigenvalue weighted by Gasteiger charge is 2.26. The van der Waals surface area contributed by atoms with Crippen LogP contribution in [0.25, 0.3) is 0 Å². The molecule has 0 aliphatic heterocycles. The molecule has 0 aromatic heterocycles. The van der Waals surface area contributed by atoms with Crippen LogP contribution in [-0.2, 0) is 4.74 Å². The number of halogens is 1. The van der Waals surface area contributed by atoms with Crippen LogP contribution < -0.4 is 0 Å². The van der Waals surface area contributed by atoms with Crippen molar-refractivity contribution in [2.45, 2.75) is 6.92 Å². The van der Waals surface area contributed by atoms with Crippen LogP contribution in [0.15, 0.2) is 40.9 Å². The normalized spacial score (nSPS) is 10.2. The molecule has 0 spiro atoms. The van der Waals surface area contributed by atoms with Crippen LogP contribution in [0.2, 0.25) is 0 Å². The quantitative estimate of drug-likeness (QED) is 0.300. The second-order valence-corrected chi connectivity index (χ2v) is 6.07. The van der Waals surface area contributed by atoms with Crippen LogP contribution in [-0.4, -0.2) is 28.2 Å². The minimum Gasteiger partial charge on any atom is -0.454 e. The van der Waals surface area contributed by atoms with Gasteiger partial charge in [-0.3, -0.25) is 25.0 Å². The zero-order valence-electron chi connectivity index (χ0n) is 13.3. The van der Waals surface area contributed by atoms with E-state index in [0.717, 1.165) is 16.6 Å². The van der Waals surface area contributed by atoms with Crippen molar-refractivity contribution >= 4 is 39.1 Å². The molecule has 0 saturated carbocycles. The number of rotatable bonds is 6. The molecule has 0 heterocycles. The first-order valence-corrected chi connectivity index (χ1v) is 7.89. The predicted molar refractivity (Wildman–Crippen MR) is 93.2 cm³/mol. The van der Waals surface area contributed by atoms with Gasteiger partial charge in [-0.2, -0.15) is 0 Å². The van der Waals surface area contributed by atoms with Gasteiger partial charge in [-0.1, -0.05) is 28.1 Å². The van der Waals surface area contributed by atoms with E-state index in [0.29, 0.717) is 5.56 Å². The Bertz CT molecular complexity index is 910. The van der Waals surface area contributed by atoms with E-state index in [9.17, 15) is 29.8 Å². The first-order valence-electron chi connectivity index (χ1n) is 7.10. The minimum absolute atomic E-state index is 0.0818. The third kappa shape index (κ3) is 4.28. The Morgan fingerprint density at radius 1 is 1.08 bits per heavy atom. The molecule has 0 fully saturated rings. The summed E-state index contributed by atoms with van der Waals surface area (Å²) in [6, 6.07) is 7.99. The van der Waals surface area contributed by atoms with Gasteiger partial charge in [-0.05, 0) is 19.1 Å². The number of nitrogens with zero attached hydrogens (tertiary/aromatic N) is 2. The van der Waals surface area contributed by atoms with E-state index in [1.54, 1.807) is 12.1 Å². The summed E-state index contributed by atoms with van der Waals surface area (Å²) in [5, 5.41) is 21.9. The zero-order chi connectivity index (χ0) is 19.4. The SMILES string of the molecule is Cc1c(C(=O)OCC(=O)c2ccc(Br)cc2)cc([N+](=O)[O-])cc1[N+](=O)[O-]. The topological polar surface area (TPSA) is 130 Å². The first kappa shape index (κ1) is 19.2. The van der Waals surface area contributed by atoms with Crippen LogP contribution in [0.5, 0.6) is 0 Å². The molecule has 0 N–H and O–H groups in total. The highest BCUT2D eigenvalue weighted by molar-refractivity contribution is 9.10. The van der Waals surface area contributed by atoms with Gasteiger partial charge in [0.05, 0.1) is 21.5 Å². The molecule has 0 bridgehead atoms. The predicted octanol–water partition coefficient (Wildman–Crippen LogP) is 3.61. The summed E-state index contributed by atoms with van der Waals surface area (Å²) < 4.78 is 5.65. The maximum Gasteiger partial charge on any atom is 0.339 e. The zero-order valence-corrected chi connectivity index (χ0v) is 14.9. The number of esters is 1. The third-order valence-electron chi connectivity index (χ3n) is 3.49. The summed E-state index contributed by atoms with van der Waals surface area (Å²) in [6.45, 7) is 0.672. The van der Waals surface area contributed by atoms with Gasteiger partial charge >= 0.3 is 5.97 Å². The van der Waals surface area contributed by atoms with E-state index in [2.05, 4.69) is 15.9 Å². The van der Waals surface area contributed by atoms with Gasteiger partial charge in [0.15, 0.2) is 12.4 Å².